The molecule has 0 unspecified atom stereocenters. The van der Waals surface area contributed by atoms with E-state index in [-0.39, 0.29) is 0 Å². The van der Waals surface area contributed by atoms with Crippen LogP contribution in [0.2, 0.25) is 0 Å². The molecule has 4 rings (SSSR count). The number of ether oxygens (including phenoxy) is 2. The van der Waals surface area contributed by atoms with Crippen molar-refractivity contribution < 1.29 is 9.47 Å². The number of hydrogen-bond acceptors (Lipinski definition) is 7. The Morgan fingerprint density at radius 1 is 1.21 bits per heavy atom. The molecular formula is C20H24N4O2S2. The zero-order valence-electron chi connectivity index (χ0n) is 16.5. The van der Waals surface area contributed by atoms with Gasteiger partial charge in [-0.1, -0.05) is 25.6 Å². The largest absolute Gasteiger partial charge is 0.497 e. The van der Waals surface area contributed by atoms with Crippen LogP contribution in [-0.2, 0) is 5.75 Å². The third-order valence-electron chi connectivity index (χ3n) is 4.66. The van der Waals surface area contributed by atoms with E-state index in [9.17, 15) is 0 Å². The van der Waals surface area contributed by atoms with Crippen LogP contribution < -0.4 is 9.47 Å². The highest BCUT2D eigenvalue weighted by molar-refractivity contribution is 7.98. The Morgan fingerprint density at radius 3 is 2.71 bits per heavy atom. The van der Waals surface area contributed by atoms with Gasteiger partial charge in [0.1, 0.15) is 22.3 Å². The van der Waals surface area contributed by atoms with Crippen molar-refractivity contribution in [3.05, 3.63) is 35.1 Å². The molecule has 1 saturated carbocycles. The average Bonchev–Trinajstić information content (AvgIpc) is 3.27. The first kappa shape index (κ1) is 19.3. The topological polar surface area (TPSA) is 62.1 Å². The van der Waals surface area contributed by atoms with Gasteiger partial charge in [0.15, 0.2) is 5.16 Å². The molecule has 0 bridgehead atoms. The van der Waals surface area contributed by atoms with Gasteiger partial charge >= 0.3 is 0 Å². The lowest BCUT2D eigenvalue weighted by molar-refractivity contribution is 0.395. The second kappa shape index (κ2) is 8.13. The molecular weight excluding hydrogens is 392 g/mol. The molecule has 2 aromatic heterocycles. The Labute approximate surface area is 173 Å². The highest BCUT2D eigenvalue weighted by Crippen LogP contribution is 2.41. The van der Waals surface area contributed by atoms with Crippen molar-refractivity contribution in [2.24, 2.45) is 0 Å². The molecule has 0 atom stereocenters. The summed E-state index contributed by atoms with van der Waals surface area (Å²) in [5.41, 5.74) is 2.02. The molecule has 1 aliphatic rings. The van der Waals surface area contributed by atoms with E-state index in [1.807, 2.05) is 18.2 Å². The molecule has 0 radical (unpaired) electrons. The molecule has 28 heavy (non-hydrogen) atoms. The van der Waals surface area contributed by atoms with Gasteiger partial charge in [-0.25, -0.2) is 4.98 Å². The van der Waals surface area contributed by atoms with Crippen LogP contribution in [0.1, 0.15) is 50.2 Å². The number of nitrogens with zero attached hydrogens (tertiary/aromatic N) is 4. The van der Waals surface area contributed by atoms with Crippen LogP contribution in [0.25, 0.3) is 10.6 Å². The molecule has 1 aromatic carbocycles. The van der Waals surface area contributed by atoms with Crippen LogP contribution in [0.4, 0.5) is 0 Å². The van der Waals surface area contributed by atoms with E-state index in [2.05, 4.69) is 34.0 Å². The summed E-state index contributed by atoms with van der Waals surface area (Å²) in [6.45, 7) is 4.35. The molecule has 3 aromatic rings. The standard InChI is InChI=1S/C20H24N4O2S2/c1-12(2)18-22-23-20(24(18)14-5-6-14)28-11-13-10-27-19(21-13)16-8-7-15(25-3)9-17(16)26-4/h7-10,12,14H,5-6,11H2,1-4H3. The van der Waals surface area contributed by atoms with E-state index in [0.29, 0.717) is 12.0 Å². The normalized spacial score (nSPS) is 13.9. The number of aromatic nitrogens is 4. The second-order valence-corrected chi connectivity index (χ2v) is 8.90. The first-order valence-electron chi connectivity index (χ1n) is 9.35. The summed E-state index contributed by atoms with van der Waals surface area (Å²) in [5.74, 6) is 3.79. The maximum atomic E-state index is 5.51. The number of benzene rings is 1. The van der Waals surface area contributed by atoms with Crippen LogP contribution in [0.5, 0.6) is 11.5 Å². The van der Waals surface area contributed by atoms with Crippen LogP contribution in [0, 0.1) is 0 Å². The van der Waals surface area contributed by atoms with Crippen molar-refractivity contribution in [3.8, 4) is 22.1 Å². The number of thiazole rings is 1. The minimum atomic E-state index is 0.385. The molecule has 1 aliphatic carbocycles. The maximum absolute atomic E-state index is 5.51. The summed E-state index contributed by atoms with van der Waals surface area (Å²) < 4.78 is 13.1. The van der Waals surface area contributed by atoms with E-state index < -0.39 is 0 Å². The third-order valence-corrected chi connectivity index (χ3v) is 6.56. The molecule has 0 N–H and O–H groups in total. The predicted octanol–water partition coefficient (Wildman–Crippen LogP) is 5.17. The lowest BCUT2D eigenvalue weighted by Gasteiger charge is -2.10. The van der Waals surface area contributed by atoms with Crippen LogP contribution >= 0.6 is 23.1 Å². The van der Waals surface area contributed by atoms with Crippen molar-refractivity contribution >= 4 is 23.1 Å². The fourth-order valence-corrected chi connectivity index (χ4v) is 4.93. The van der Waals surface area contributed by atoms with Gasteiger partial charge in [-0.2, -0.15) is 0 Å². The van der Waals surface area contributed by atoms with Crippen molar-refractivity contribution in [1.29, 1.82) is 0 Å². The SMILES string of the molecule is COc1ccc(-c2nc(CSc3nnc(C(C)C)n3C3CC3)cs2)c(OC)c1. The second-order valence-electron chi connectivity index (χ2n) is 7.10. The summed E-state index contributed by atoms with van der Waals surface area (Å²) >= 11 is 3.34. The van der Waals surface area contributed by atoms with Gasteiger partial charge < -0.3 is 14.0 Å². The average molecular weight is 417 g/mol. The quantitative estimate of drug-likeness (QED) is 0.472. The molecule has 2 heterocycles. The van der Waals surface area contributed by atoms with Crippen LogP contribution in [-0.4, -0.2) is 34.0 Å². The number of thioether (sulfide) groups is 1. The van der Waals surface area contributed by atoms with Gasteiger partial charge in [0, 0.05) is 29.2 Å². The highest BCUT2D eigenvalue weighted by atomic mass is 32.2. The van der Waals surface area contributed by atoms with Crippen molar-refractivity contribution in [3.63, 3.8) is 0 Å². The smallest absolute Gasteiger partial charge is 0.191 e. The van der Waals surface area contributed by atoms with Gasteiger partial charge in [0.2, 0.25) is 0 Å². The fraction of sp³-hybridized carbons (Fsp3) is 0.450. The van der Waals surface area contributed by atoms with Crippen LogP contribution in [0.3, 0.4) is 0 Å². The summed E-state index contributed by atoms with van der Waals surface area (Å²) in [7, 11) is 3.32. The molecule has 0 amide bonds. The minimum Gasteiger partial charge on any atom is -0.497 e. The van der Waals surface area contributed by atoms with Gasteiger partial charge in [-0.15, -0.1) is 21.5 Å². The lowest BCUT2D eigenvalue weighted by Crippen LogP contribution is -2.04. The first-order chi connectivity index (χ1) is 13.6. The van der Waals surface area contributed by atoms with Gasteiger partial charge in [0.05, 0.1) is 25.5 Å². The predicted molar refractivity (Wildman–Crippen MR) is 113 cm³/mol. The summed E-state index contributed by atoms with van der Waals surface area (Å²) in [4.78, 5) is 4.81. The molecule has 0 aliphatic heterocycles. The van der Waals surface area contributed by atoms with E-state index in [1.54, 1.807) is 37.3 Å². The van der Waals surface area contributed by atoms with E-state index in [0.717, 1.165) is 44.5 Å². The Hall–Kier alpha value is -2.06. The first-order valence-corrected chi connectivity index (χ1v) is 11.2. The van der Waals surface area contributed by atoms with Crippen molar-refractivity contribution in [2.45, 2.75) is 49.6 Å². The van der Waals surface area contributed by atoms with Gasteiger partial charge in [-0.3, -0.25) is 0 Å². The molecule has 8 heteroatoms. The lowest BCUT2D eigenvalue weighted by atomic mass is 10.2. The molecule has 0 spiro atoms. The summed E-state index contributed by atoms with van der Waals surface area (Å²) in [6.07, 6.45) is 2.45. The zero-order valence-corrected chi connectivity index (χ0v) is 18.1. The van der Waals surface area contributed by atoms with E-state index in [4.69, 9.17) is 14.5 Å². The fourth-order valence-electron chi connectivity index (χ4n) is 3.07. The Kier molecular flexibility index (Phi) is 5.59. The van der Waals surface area contributed by atoms with Gasteiger partial charge in [-0.05, 0) is 25.0 Å². The van der Waals surface area contributed by atoms with Crippen LogP contribution in [0.15, 0.2) is 28.7 Å². The maximum Gasteiger partial charge on any atom is 0.191 e. The van der Waals surface area contributed by atoms with Gasteiger partial charge in [0.25, 0.3) is 0 Å². The summed E-state index contributed by atoms with van der Waals surface area (Å²) in [5, 5.41) is 12.9. The minimum absolute atomic E-state index is 0.385. The molecule has 148 valence electrons. The van der Waals surface area contributed by atoms with E-state index in [1.165, 1.54) is 12.8 Å². The third kappa shape index (κ3) is 3.89. The zero-order chi connectivity index (χ0) is 19.7. The Bertz CT molecular complexity index is 963. The number of methoxy groups -OCH3 is 2. The van der Waals surface area contributed by atoms with Crippen molar-refractivity contribution in [2.75, 3.05) is 14.2 Å². The van der Waals surface area contributed by atoms with E-state index >= 15 is 0 Å². The molecule has 6 nitrogen and oxygen atoms in total. The van der Waals surface area contributed by atoms with Crippen molar-refractivity contribution in [1.82, 2.24) is 19.7 Å². The highest BCUT2D eigenvalue weighted by Gasteiger charge is 2.30. The Balaban J connectivity index is 1.51. The molecule has 0 saturated heterocycles. The molecule has 1 fully saturated rings. The Morgan fingerprint density at radius 2 is 2.04 bits per heavy atom. The number of hydrogen-bond donors (Lipinski definition) is 0. The number of rotatable bonds is 8. The monoisotopic (exact) mass is 416 g/mol. The summed E-state index contributed by atoms with van der Waals surface area (Å²) in [6, 6.07) is 6.38.